The van der Waals surface area contributed by atoms with Crippen LogP contribution >= 0.6 is 0 Å². The van der Waals surface area contributed by atoms with Crippen LogP contribution < -0.4 is 0 Å². The molecule has 0 amide bonds. The molecule has 1 radical (unpaired) electrons. The summed E-state index contributed by atoms with van der Waals surface area (Å²) in [5.41, 5.74) is -0.186. The summed E-state index contributed by atoms with van der Waals surface area (Å²) in [4.78, 5) is 10.8. The first-order valence-electron chi connectivity index (χ1n) is 2.82. The van der Waals surface area contributed by atoms with E-state index in [0.29, 0.717) is 0 Å². The first-order chi connectivity index (χ1) is 3.48. The van der Waals surface area contributed by atoms with Gasteiger partial charge in [0.25, 0.3) is 0 Å². The van der Waals surface area contributed by atoms with Gasteiger partial charge in [0.1, 0.15) is 0 Å². The van der Waals surface area contributed by atoms with Gasteiger partial charge in [0, 0.05) is 38.5 Å². The minimum Gasteiger partial charge on any atom is -0.334 e. The molecule has 0 aliphatic rings. The second kappa shape index (κ2) is 4.46. The minimum atomic E-state index is -0.186. The van der Waals surface area contributed by atoms with Crippen LogP contribution in [0.25, 0.3) is 0 Å². The average molecular weight is 202 g/mol. The van der Waals surface area contributed by atoms with Gasteiger partial charge >= 0.3 is 0 Å². The Morgan fingerprint density at radius 2 is 1.67 bits per heavy atom. The summed E-state index contributed by atoms with van der Waals surface area (Å²) in [7, 11) is 0. The van der Waals surface area contributed by atoms with E-state index in [-0.39, 0.29) is 43.9 Å². The van der Waals surface area contributed by atoms with E-state index in [4.69, 9.17) is 0 Å². The van der Waals surface area contributed by atoms with Gasteiger partial charge in [0.15, 0.2) is 0 Å². The Labute approximate surface area is 82.5 Å². The Bertz CT molecular complexity index is 91.6. The molecule has 1 nitrogen and oxygen atoms in total. The van der Waals surface area contributed by atoms with Crippen LogP contribution in [-0.2, 0) is 37.5 Å². The molecule has 0 aliphatic heterocycles. The smallest absolute Gasteiger partial charge is 0.00397 e. The number of carbonyl (C=O) groups is 1. The second-order valence-electron chi connectivity index (χ2n) is 2.90. The monoisotopic (exact) mass is 202 g/mol. The minimum absolute atomic E-state index is 0. The van der Waals surface area contributed by atoms with Crippen LogP contribution in [0.1, 0.15) is 27.7 Å². The quantitative estimate of drug-likeness (QED) is 0.593. The van der Waals surface area contributed by atoms with E-state index in [9.17, 15) is 4.79 Å². The summed E-state index contributed by atoms with van der Waals surface area (Å²) in [5.74, 6) is 0.206. The summed E-state index contributed by atoms with van der Waals surface area (Å²) in [6.07, 6.45) is 1.61. The van der Waals surface area contributed by atoms with Crippen molar-refractivity contribution in [3.05, 3.63) is 6.42 Å². The normalized spacial score (nSPS) is 9.78. The van der Waals surface area contributed by atoms with Gasteiger partial charge in [-0.25, -0.2) is 0 Å². The van der Waals surface area contributed by atoms with Crippen molar-refractivity contribution in [2.45, 2.75) is 27.7 Å². The maximum atomic E-state index is 10.8. The largest absolute Gasteiger partial charge is 0.334 e. The molecule has 0 aliphatic carbocycles. The van der Waals surface area contributed by atoms with E-state index >= 15 is 0 Å². The Hall–Kier alpha value is 0.644. The molecule has 0 rings (SSSR count). The Morgan fingerprint density at radius 1 is 1.33 bits per heavy atom. The molecular weight excluding hydrogens is 189 g/mol. The average Bonchev–Trinajstić information content (AvgIpc) is 1.62. The molecule has 0 aromatic rings. The van der Waals surface area contributed by atoms with Crippen LogP contribution in [0, 0.1) is 11.8 Å². The number of rotatable bonds is 1. The van der Waals surface area contributed by atoms with E-state index in [1.165, 1.54) is 0 Å². The summed E-state index contributed by atoms with van der Waals surface area (Å²) in [6, 6.07) is 0. The molecule has 0 N–H and O–H groups in total. The molecule has 0 spiro atoms. The van der Waals surface area contributed by atoms with Gasteiger partial charge in [-0.3, -0.25) is 0 Å². The van der Waals surface area contributed by atoms with Gasteiger partial charge in [0.2, 0.25) is 0 Å². The zero-order valence-corrected chi connectivity index (χ0v) is 9.40. The number of ketones is 1. The molecule has 0 heterocycles. The van der Waals surface area contributed by atoms with Crippen molar-refractivity contribution in [3.63, 3.8) is 0 Å². The fourth-order valence-corrected chi connectivity index (χ4v) is 0.433. The van der Waals surface area contributed by atoms with Crippen LogP contribution in [0.3, 0.4) is 0 Å². The molecule has 0 saturated heterocycles. The maximum absolute atomic E-state index is 10.8. The number of hydrogen-bond donors (Lipinski definition) is 0. The fraction of sp³-hybridized carbons (Fsp3) is 0.714. The van der Waals surface area contributed by atoms with Crippen LogP contribution in [0.4, 0.5) is 0 Å². The molecule has 0 fully saturated rings. The fourth-order valence-electron chi connectivity index (χ4n) is 0.433. The molecule has 0 unspecified atom stereocenters. The number of hydrogen-bond acceptors (Lipinski definition) is 1. The predicted octanol–water partition coefficient (Wildman–Crippen LogP) is 1.82. The van der Waals surface area contributed by atoms with Crippen molar-refractivity contribution < 1.29 is 37.5 Å². The molecule has 9 heavy (non-hydrogen) atoms. The summed E-state index contributed by atoms with van der Waals surface area (Å²) >= 11 is 0. The van der Waals surface area contributed by atoms with Gasteiger partial charge < -0.3 is 11.2 Å². The molecule has 0 aromatic heterocycles. The van der Waals surface area contributed by atoms with Crippen molar-refractivity contribution in [1.82, 2.24) is 0 Å². The van der Waals surface area contributed by atoms with Crippen LogP contribution in [0.5, 0.6) is 0 Å². The summed E-state index contributed by atoms with van der Waals surface area (Å²) < 4.78 is 0. The first-order valence-corrected chi connectivity index (χ1v) is 2.82. The van der Waals surface area contributed by atoms with Crippen LogP contribution in [0.15, 0.2) is 0 Å². The van der Waals surface area contributed by atoms with Gasteiger partial charge in [-0.2, -0.15) is 6.92 Å². The van der Waals surface area contributed by atoms with E-state index in [1.807, 2.05) is 20.8 Å². The summed E-state index contributed by atoms with van der Waals surface area (Å²) in [6.45, 7) is 7.51. The van der Waals surface area contributed by atoms with Crippen LogP contribution in [0.2, 0.25) is 0 Å². The molecule has 0 saturated carbocycles. The van der Waals surface area contributed by atoms with Crippen molar-refractivity contribution in [2.24, 2.45) is 5.41 Å². The SMILES string of the molecule is C[CH-]C(=O)C(C)(C)C.[Y]. The van der Waals surface area contributed by atoms with E-state index in [1.54, 1.807) is 13.3 Å². The van der Waals surface area contributed by atoms with Gasteiger partial charge in [-0.05, 0) is 5.41 Å². The van der Waals surface area contributed by atoms with E-state index in [2.05, 4.69) is 0 Å². The molecular formula is C7H13OY-. The van der Waals surface area contributed by atoms with E-state index < -0.39 is 0 Å². The Morgan fingerprint density at radius 3 is 1.67 bits per heavy atom. The van der Waals surface area contributed by atoms with Crippen molar-refractivity contribution in [3.8, 4) is 0 Å². The molecule has 51 valence electrons. The van der Waals surface area contributed by atoms with Crippen molar-refractivity contribution in [2.75, 3.05) is 0 Å². The number of Topliss-reactive ketones (excluding diaryl/α,β-unsaturated/α-hetero) is 1. The molecule has 0 bridgehead atoms. The van der Waals surface area contributed by atoms with E-state index in [0.717, 1.165) is 0 Å². The Kier molecular flexibility index (Phi) is 6.11. The Balaban J connectivity index is 0. The molecule has 0 aromatic carbocycles. The third-order valence-electron chi connectivity index (χ3n) is 1.00. The van der Waals surface area contributed by atoms with Crippen molar-refractivity contribution >= 4 is 5.78 Å². The van der Waals surface area contributed by atoms with Gasteiger partial charge in [-0.15, -0.1) is 0 Å². The predicted molar refractivity (Wildman–Crippen MR) is 34.4 cm³/mol. The zero-order chi connectivity index (χ0) is 6.78. The van der Waals surface area contributed by atoms with Crippen LogP contribution in [-0.4, -0.2) is 5.78 Å². The third kappa shape index (κ3) is 5.11. The molecule has 2 heteroatoms. The van der Waals surface area contributed by atoms with Gasteiger partial charge in [-0.1, -0.05) is 20.8 Å². The zero-order valence-electron chi connectivity index (χ0n) is 6.56. The maximum Gasteiger partial charge on any atom is 0.00397 e. The number of carbonyl (C=O) groups excluding carboxylic acids is 1. The molecule has 0 atom stereocenters. The summed E-state index contributed by atoms with van der Waals surface area (Å²) in [5, 5.41) is 0. The van der Waals surface area contributed by atoms with Crippen molar-refractivity contribution in [1.29, 1.82) is 0 Å². The standard InChI is InChI=1S/C7H13O.Y/c1-5-6(8)7(2,3)4;/h5H,1-4H3;/q-1;. The third-order valence-corrected chi connectivity index (χ3v) is 1.00. The second-order valence-corrected chi connectivity index (χ2v) is 2.90. The first kappa shape index (κ1) is 12.3. The topological polar surface area (TPSA) is 17.1 Å². The van der Waals surface area contributed by atoms with Gasteiger partial charge in [0.05, 0.1) is 0 Å².